The first-order valence-corrected chi connectivity index (χ1v) is 13.4. The maximum Gasteiger partial charge on any atom is 0.338 e. The third-order valence-corrected chi connectivity index (χ3v) is 7.57. The number of ether oxygens (including phenoxy) is 2. The number of fused-ring (bicyclic) bond motifs is 1. The minimum atomic E-state index is -0.679. The number of thiazole rings is 1. The number of esters is 1. The van der Waals surface area contributed by atoms with E-state index in [9.17, 15) is 9.59 Å². The Hall–Kier alpha value is -3.36. The molecule has 3 aromatic rings. The first-order chi connectivity index (χ1) is 17.8. The second kappa shape index (κ2) is 11.4. The first-order valence-electron chi connectivity index (χ1n) is 12.2. The Morgan fingerprint density at radius 1 is 1.16 bits per heavy atom. The fourth-order valence-electron chi connectivity index (χ4n) is 4.50. The lowest BCUT2D eigenvalue weighted by atomic mass is 9.96. The van der Waals surface area contributed by atoms with Crippen molar-refractivity contribution in [1.29, 1.82) is 0 Å². The molecule has 0 aliphatic carbocycles. The number of rotatable bonds is 8. The highest BCUT2D eigenvalue weighted by molar-refractivity contribution is 7.07. The fourth-order valence-corrected chi connectivity index (χ4v) is 5.66. The van der Waals surface area contributed by atoms with E-state index in [-0.39, 0.29) is 12.2 Å². The van der Waals surface area contributed by atoms with Crippen LogP contribution in [0.4, 0.5) is 5.69 Å². The number of carbonyl (C=O) groups excluding carboxylic acids is 1. The predicted octanol–water partition coefficient (Wildman–Crippen LogP) is 4.31. The summed E-state index contributed by atoms with van der Waals surface area (Å²) < 4.78 is 13.1. The summed E-state index contributed by atoms with van der Waals surface area (Å²) in [6, 6.07) is 12.4. The van der Waals surface area contributed by atoms with Gasteiger partial charge in [0.2, 0.25) is 0 Å². The van der Waals surface area contributed by atoms with Crippen molar-refractivity contribution in [2.24, 2.45) is 4.99 Å². The highest BCUT2D eigenvalue weighted by Crippen LogP contribution is 2.31. The maximum absolute atomic E-state index is 13.8. The van der Waals surface area contributed by atoms with Crippen molar-refractivity contribution in [3.8, 4) is 5.75 Å². The minimum absolute atomic E-state index is 0.219. The van der Waals surface area contributed by atoms with Crippen molar-refractivity contribution in [3.05, 3.63) is 89.6 Å². The van der Waals surface area contributed by atoms with Gasteiger partial charge in [0, 0.05) is 35.4 Å². The number of hydrogen-bond donors (Lipinski definition) is 0. The molecule has 1 aliphatic heterocycles. The molecular weight excluding hydrogens is 510 g/mol. The zero-order valence-corrected chi connectivity index (χ0v) is 23.2. The van der Waals surface area contributed by atoms with E-state index in [2.05, 4.69) is 23.7 Å². The summed E-state index contributed by atoms with van der Waals surface area (Å²) in [5.74, 6) is 0.180. The molecule has 0 saturated heterocycles. The summed E-state index contributed by atoms with van der Waals surface area (Å²) in [5, 5.41) is 0.565. The second-order valence-electron chi connectivity index (χ2n) is 8.45. The third kappa shape index (κ3) is 5.22. The van der Waals surface area contributed by atoms with Gasteiger partial charge in [-0.2, -0.15) is 0 Å². The molecule has 0 bridgehead atoms. The van der Waals surface area contributed by atoms with E-state index in [1.807, 2.05) is 36.4 Å². The zero-order chi connectivity index (χ0) is 26.7. The SMILES string of the molecule is CCOC(=O)C1=C(C)N=c2s/c(=C\c3ccc(N(CC)CC)cc3OC)c(=O)n2[C@H]1c1ccc(Cl)cc1. The van der Waals surface area contributed by atoms with Gasteiger partial charge in [-0.25, -0.2) is 9.79 Å². The Balaban J connectivity index is 1.90. The monoisotopic (exact) mass is 539 g/mol. The molecule has 0 unspecified atom stereocenters. The standard InChI is InChI=1S/C28H30ClN3O4S/c1-6-31(7-2)21-14-11-19(22(16-21)35-5)15-23-26(33)32-25(18-9-12-20(29)13-10-18)24(27(34)36-8-3)17(4)30-28(32)37-23/h9-16,25H,6-8H2,1-5H3/b23-15-/t25-/m0/s1. The summed E-state index contributed by atoms with van der Waals surface area (Å²) in [6.07, 6.45) is 1.82. The number of nitrogens with zero attached hydrogens (tertiary/aromatic N) is 3. The number of benzene rings is 2. The molecule has 0 fully saturated rings. The van der Waals surface area contributed by atoms with Crippen LogP contribution in [0.25, 0.3) is 6.08 Å². The lowest BCUT2D eigenvalue weighted by Crippen LogP contribution is -2.39. The summed E-state index contributed by atoms with van der Waals surface area (Å²) in [6.45, 7) is 9.70. The van der Waals surface area contributed by atoms with Gasteiger partial charge < -0.3 is 14.4 Å². The Kier molecular flexibility index (Phi) is 8.19. The molecular formula is C28H30ClN3O4S. The normalized spacial score (nSPS) is 15.3. The fraction of sp³-hybridized carbons (Fsp3) is 0.321. The van der Waals surface area contributed by atoms with E-state index < -0.39 is 12.0 Å². The van der Waals surface area contributed by atoms with Gasteiger partial charge in [0.25, 0.3) is 5.56 Å². The van der Waals surface area contributed by atoms with Crippen LogP contribution in [0.3, 0.4) is 0 Å². The molecule has 1 atom stereocenters. The van der Waals surface area contributed by atoms with E-state index in [1.54, 1.807) is 37.7 Å². The quantitative estimate of drug-likeness (QED) is 0.399. The summed E-state index contributed by atoms with van der Waals surface area (Å²) in [4.78, 5) is 34.2. The van der Waals surface area contributed by atoms with Gasteiger partial charge in [-0.3, -0.25) is 9.36 Å². The summed E-state index contributed by atoms with van der Waals surface area (Å²) in [5.41, 5.74) is 3.20. The maximum atomic E-state index is 13.8. The lowest BCUT2D eigenvalue weighted by Gasteiger charge is -2.24. The molecule has 2 aromatic carbocycles. The van der Waals surface area contributed by atoms with Gasteiger partial charge in [0.15, 0.2) is 4.80 Å². The molecule has 4 rings (SSSR count). The molecule has 37 heavy (non-hydrogen) atoms. The van der Waals surface area contributed by atoms with Crippen molar-refractivity contribution in [1.82, 2.24) is 4.57 Å². The number of methoxy groups -OCH3 is 1. The van der Waals surface area contributed by atoms with Gasteiger partial charge >= 0.3 is 5.97 Å². The van der Waals surface area contributed by atoms with Gasteiger partial charge in [-0.05, 0) is 63.6 Å². The van der Waals surface area contributed by atoms with Gasteiger partial charge in [-0.1, -0.05) is 35.1 Å². The molecule has 194 valence electrons. The van der Waals surface area contributed by atoms with Crippen LogP contribution in [0.1, 0.15) is 44.9 Å². The average Bonchev–Trinajstić information content (AvgIpc) is 3.19. The molecule has 2 heterocycles. The van der Waals surface area contributed by atoms with Crippen LogP contribution < -0.4 is 24.5 Å². The van der Waals surface area contributed by atoms with Crippen molar-refractivity contribution in [3.63, 3.8) is 0 Å². The lowest BCUT2D eigenvalue weighted by molar-refractivity contribution is -0.139. The van der Waals surface area contributed by atoms with Crippen LogP contribution in [0, 0.1) is 0 Å². The van der Waals surface area contributed by atoms with Gasteiger partial charge in [-0.15, -0.1) is 0 Å². The van der Waals surface area contributed by atoms with Crippen LogP contribution in [-0.4, -0.2) is 37.3 Å². The molecule has 0 amide bonds. The van der Waals surface area contributed by atoms with Crippen LogP contribution in [-0.2, 0) is 9.53 Å². The molecule has 0 radical (unpaired) electrons. The molecule has 0 N–H and O–H groups in total. The number of carbonyl (C=O) groups is 1. The average molecular weight is 540 g/mol. The van der Waals surface area contributed by atoms with E-state index in [4.69, 9.17) is 21.1 Å². The first kappa shape index (κ1) is 26.7. The molecule has 1 aliphatic rings. The van der Waals surface area contributed by atoms with Gasteiger partial charge in [0.05, 0.1) is 35.6 Å². The summed E-state index contributed by atoms with van der Waals surface area (Å²) in [7, 11) is 1.62. The second-order valence-corrected chi connectivity index (χ2v) is 9.90. The van der Waals surface area contributed by atoms with Crippen molar-refractivity contribution in [2.45, 2.75) is 33.7 Å². The number of aromatic nitrogens is 1. The Morgan fingerprint density at radius 2 is 1.86 bits per heavy atom. The van der Waals surface area contributed by atoms with Crippen LogP contribution in [0.2, 0.25) is 5.02 Å². The predicted molar refractivity (Wildman–Crippen MR) is 148 cm³/mol. The molecule has 9 heteroatoms. The molecule has 7 nitrogen and oxygen atoms in total. The van der Waals surface area contributed by atoms with Crippen molar-refractivity contribution >= 4 is 40.7 Å². The number of halogens is 1. The Labute approximate surface area is 224 Å². The zero-order valence-electron chi connectivity index (χ0n) is 21.6. The third-order valence-electron chi connectivity index (χ3n) is 6.34. The minimum Gasteiger partial charge on any atom is -0.496 e. The molecule has 1 aromatic heterocycles. The van der Waals surface area contributed by atoms with Crippen LogP contribution in [0.5, 0.6) is 5.75 Å². The van der Waals surface area contributed by atoms with E-state index in [1.165, 1.54) is 11.3 Å². The van der Waals surface area contributed by atoms with E-state index in [0.29, 0.717) is 31.4 Å². The molecule has 0 saturated carbocycles. The van der Waals surface area contributed by atoms with Crippen LogP contribution >= 0.6 is 22.9 Å². The number of hydrogen-bond acceptors (Lipinski definition) is 7. The number of allylic oxidation sites excluding steroid dienone is 1. The highest BCUT2D eigenvalue weighted by atomic mass is 35.5. The largest absolute Gasteiger partial charge is 0.496 e. The van der Waals surface area contributed by atoms with E-state index in [0.717, 1.165) is 29.9 Å². The smallest absolute Gasteiger partial charge is 0.338 e. The topological polar surface area (TPSA) is 73.1 Å². The van der Waals surface area contributed by atoms with Crippen molar-refractivity contribution in [2.75, 3.05) is 31.7 Å². The highest BCUT2D eigenvalue weighted by Gasteiger charge is 2.33. The van der Waals surface area contributed by atoms with Gasteiger partial charge in [0.1, 0.15) is 5.75 Å². The Bertz CT molecular complexity index is 1520. The summed E-state index contributed by atoms with van der Waals surface area (Å²) >= 11 is 7.40. The molecule has 0 spiro atoms. The number of anilines is 1. The van der Waals surface area contributed by atoms with Crippen LogP contribution in [0.15, 0.2) is 63.5 Å². The van der Waals surface area contributed by atoms with Crippen molar-refractivity contribution < 1.29 is 14.3 Å². The van der Waals surface area contributed by atoms with E-state index >= 15 is 0 Å². The Morgan fingerprint density at radius 3 is 2.49 bits per heavy atom.